The van der Waals surface area contributed by atoms with E-state index in [0.717, 1.165) is 36.6 Å². The van der Waals surface area contributed by atoms with E-state index < -0.39 is 10.1 Å². The minimum atomic E-state index is -4.23. The SMILES string of the molecule is CCCCCCCc1cc(CCCCCCC)c2c(S(=O)(=O)O)cccc2c1. The Hall–Kier alpha value is -1.39. The molecule has 156 valence electrons. The summed E-state index contributed by atoms with van der Waals surface area (Å²) in [6, 6.07) is 9.48. The van der Waals surface area contributed by atoms with E-state index in [4.69, 9.17) is 0 Å². The fraction of sp³-hybridized carbons (Fsp3) is 0.583. The molecular formula is C24H36O3S. The van der Waals surface area contributed by atoms with Crippen molar-refractivity contribution in [1.82, 2.24) is 0 Å². The fourth-order valence-electron chi connectivity index (χ4n) is 3.96. The van der Waals surface area contributed by atoms with Crippen LogP contribution in [0.4, 0.5) is 0 Å². The van der Waals surface area contributed by atoms with Crippen LogP contribution < -0.4 is 0 Å². The summed E-state index contributed by atoms with van der Waals surface area (Å²) in [5.41, 5.74) is 2.34. The van der Waals surface area contributed by atoms with Gasteiger partial charge in [-0.15, -0.1) is 0 Å². The molecule has 1 N–H and O–H groups in total. The monoisotopic (exact) mass is 404 g/mol. The molecule has 0 bridgehead atoms. The molecule has 0 fully saturated rings. The first kappa shape index (κ1) is 22.9. The lowest BCUT2D eigenvalue weighted by Crippen LogP contribution is -2.02. The molecule has 0 radical (unpaired) electrons. The summed E-state index contributed by atoms with van der Waals surface area (Å²) in [6.07, 6.45) is 14.0. The predicted octanol–water partition coefficient (Wildman–Crippen LogP) is 7.11. The van der Waals surface area contributed by atoms with Crippen molar-refractivity contribution in [2.75, 3.05) is 0 Å². The van der Waals surface area contributed by atoms with Crippen LogP contribution in [0.5, 0.6) is 0 Å². The van der Waals surface area contributed by atoms with Crippen LogP contribution in [-0.4, -0.2) is 13.0 Å². The molecule has 0 heterocycles. The number of hydrogen-bond acceptors (Lipinski definition) is 2. The molecular weight excluding hydrogens is 368 g/mol. The van der Waals surface area contributed by atoms with E-state index in [0.29, 0.717) is 5.39 Å². The highest BCUT2D eigenvalue weighted by Gasteiger charge is 2.17. The number of rotatable bonds is 13. The van der Waals surface area contributed by atoms with E-state index in [9.17, 15) is 13.0 Å². The Labute approximate surface area is 171 Å². The molecule has 2 aromatic rings. The van der Waals surface area contributed by atoms with Gasteiger partial charge in [0, 0.05) is 5.39 Å². The summed E-state index contributed by atoms with van der Waals surface area (Å²) in [6.45, 7) is 4.43. The average Bonchev–Trinajstić information content (AvgIpc) is 2.66. The smallest absolute Gasteiger partial charge is 0.282 e. The molecule has 0 amide bonds. The summed E-state index contributed by atoms with van der Waals surface area (Å²) in [5, 5.41) is 1.62. The van der Waals surface area contributed by atoms with Crippen molar-refractivity contribution >= 4 is 20.9 Å². The van der Waals surface area contributed by atoms with Crippen LogP contribution in [0.3, 0.4) is 0 Å². The van der Waals surface area contributed by atoms with Gasteiger partial charge in [-0.05, 0) is 48.3 Å². The van der Waals surface area contributed by atoms with Gasteiger partial charge in [-0.1, -0.05) is 89.5 Å². The number of benzene rings is 2. The Kier molecular flexibility index (Phi) is 9.46. The Morgan fingerprint density at radius 1 is 0.786 bits per heavy atom. The summed E-state index contributed by atoms with van der Waals surface area (Å²) >= 11 is 0. The molecule has 28 heavy (non-hydrogen) atoms. The Bertz CT molecular complexity index is 840. The molecule has 0 aliphatic rings. The van der Waals surface area contributed by atoms with E-state index in [-0.39, 0.29) is 4.90 Å². The third-order valence-corrected chi connectivity index (χ3v) is 6.37. The normalized spacial score (nSPS) is 12.0. The van der Waals surface area contributed by atoms with E-state index >= 15 is 0 Å². The van der Waals surface area contributed by atoms with Crippen LogP contribution in [-0.2, 0) is 23.0 Å². The van der Waals surface area contributed by atoms with Crippen LogP contribution in [0.2, 0.25) is 0 Å². The standard InChI is InChI=1S/C24H36O3S/c1-3-5-7-9-11-14-20-18-21(15-12-10-8-6-4-2)24-22(19-20)16-13-17-23(24)28(25,26)27/h13,16-19H,3-12,14-15H2,1-2H3,(H,25,26,27). The summed E-state index contributed by atoms with van der Waals surface area (Å²) in [4.78, 5) is 0.0445. The summed E-state index contributed by atoms with van der Waals surface area (Å²) < 4.78 is 33.6. The average molecular weight is 405 g/mol. The Balaban J connectivity index is 2.27. The van der Waals surface area contributed by atoms with Gasteiger partial charge in [0.2, 0.25) is 0 Å². The molecule has 0 unspecified atom stereocenters. The first-order valence-corrected chi connectivity index (χ1v) is 12.4. The van der Waals surface area contributed by atoms with Crippen LogP contribution >= 0.6 is 0 Å². The van der Waals surface area contributed by atoms with Gasteiger partial charge in [0.25, 0.3) is 10.1 Å². The maximum atomic E-state index is 11.9. The Morgan fingerprint density at radius 3 is 2.00 bits per heavy atom. The molecule has 0 aromatic heterocycles. The van der Waals surface area contributed by atoms with E-state index in [2.05, 4.69) is 26.0 Å². The lowest BCUT2D eigenvalue weighted by molar-refractivity contribution is 0.484. The molecule has 2 rings (SSSR count). The molecule has 4 heteroatoms. The predicted molar refractivity (Wildman–Crippen MR) is 119 cm³/mol. The van der Waals surface area contributed by atoms with Crippen molar-refractivity contribution < 1.29 is 13.0 Å². The van der Waals surface area contributed by atoms with Gasteiger partial charge in [0.1, 0.15) is 4.90 Å². The van der Waals surface area contributed by atoms with E-state index in [1.807, 2.05) is 6.07 Å². The molecule has 0 saturated heterocycles. The molecule has 2 aromatic carbocycles. The highest BCUT2D eigenvalue weighted by molar-refractivity contribution is 7.86. The zero-order chi connectivity index (χ0) is 20.4. The van der Waals surface area contributed by atoms with Crippen molar-refractivity contribution in [3.8, 4) is 0 Å². The van der Waals surface area contributed by atoms with Gasteiger partial charge in [-0.2, -0.15) is 8.42 Å². The molecule has 0 saturated carbocycles. The van der Waals surface area contributed by atoms with Crippen molar-refractivity contribution in [2.45, 2.75) is 95.8 Å². The minimum Gasteiger partial charge on any atom is -0.282 e. The van der Waals surface area contributed by atoms with Crippen molar-refractivity contribution in [3.63, 3.8) is 0 Å². The van der Waals surface area contributed by atoms with E-state index in [1.54, 1.807) is 6.07 Å². The zero-order valence-corrected chi connectivity index (χ0v) is 18.4. The molecule has 3 nitrogen and oxygen atoms in total. The highest BCUT2D eigenvalue weighted by Crippen LogP contribution is 2.30. The third-order valence-electron chi connectivity index (χ3n) is 5.48. The van der Waals surface area contributed by atoms with Gasteiger partial charge >= 0.3 is 0 Å². The highest BCUT2D eigenvalue weighted by atomic mass is 32.2. The first-order chi connectivity index (χ1) is 13.5. The van der Waals surface area contributed by atoms with Gasteiger partial charge < -0.3 is 0 Å². The molecule has 0 aliphatic carbocycles. The van der Waals surface area contributed by atoms with Crippen LogP contribution in [0, 0.1) is 0 Å². The fourth-order valence-corrected chi connectivity index (χ4v) is 4.71. The largest absolute Gasteiger partial charge is 0.295 e. The number of aryl methyl sites for hydroxylation is 2. The summed E-state index contributed by atoms with van der Waals surface area (Å²) in [5.74, 6) is 0. The molecule has 0 atom stereocenters. The zero-order valence-electron chi connectivity index (χ0n) is 17.5. The number of hydrogen-bond donors (Lipinski definition) is 1. The van der Waals surface area contributed by atoms with Gasteiger partial charge in [-0.25, -0.2) is 0 Å². The van der Waals surface area contributed by atoms with Crippen LogP contribution in [0.1, 0.15) is 89.2 Å². The van der Waals surface area contributed by atoms with Crippen LogP contribution in [0.15, 0.2) is 35.2 Å². The first-order valence-electron chi connectivity index (χ1n) is 11.0. The third kappa shape index (κ3) is 6.89. The van der Waals surface area contributed by atoms with Gasteiger partial charge in [-0.3, -0.25) is 4.55 Å². The second-order valence-electron chi connectivity index (χ2n) is 7.91. The quantitative estimate of drug-likeness (QED) is 0.286. The molecule has 0 aliphatic heterocycles. The van der Waals surface area contributed by atoms with Gasteiger partial charge in [0.05, 0.1) is 0 Å². The maximum absolute atomic E-state index is 11.9. The maximum Gasteiger partial charge on any atom is 0.295 e. The van der Waals surface area contributed by atoms with Crippen molar-refractivity contribution in [3.05, 3.63) is 41.5 Å². The minimum absolute atomic E-state index is 0.0445. The lowest BCUT2D eigenvalue weighted by atomic mass is 9.94. The Morgan fingerprint density at radius 2 is 1.39 bits per heavy atom. The van der Waals surface area contributed by atoms with Crippen molar-refractivity contribution in [1.29, 1.82) is 0 Å². The topological polar surface area (TPSA) is 54.4 Å². The number of fused-ring (bicyclic) bond motifs is 1. The lowest BCUT2D eigenvalue weighted by Gasteiger charge is -2.13. The van der Waals surface area contributed by atoms with Crippen LogP contribution in [0.25, 0.3) is 10.8 Å². The molecule has 0 spiro atoms. The second-order valence-corrected chi connectivity index (χ2v) is 9.30. The van der Waals surface area contributed by atoms with Crippen molar-refractivity contribution in [2.24, 2.45) is 0 Å². The van der Waals surface area contributed by atoms with Gasteiger partial charge in [0.15, 0.2) is 0 Å². The van der Waals surface area contributed by atoms with E-state index in [1.165, 1.54) is 63.0 Å². The second kappa shape index (κ2) is 11.6. The number of unbranched alkanes of at least 4 members (excludes halogenated alkanes) is 8. The summed E-state index contributed by atoms with van der Waals surface area (Å²) in [7, 11) is -4.23.